The lowest BCUT2D eigenvalue weighted by Crippen LogP contribution is -2.43. The SMILES string of the molecule is COc1c(F)c(N2CCC(C(N)CC(C(F)(F)F)C(F)(F)F)C2)c(C)c2c1c(=O)[nH]c(=O)n2C1CC1. The van der Waals surface area contributed by atoms with Gasteiger partial charge in [0.2, 0.25) is 0 Å². The third kappa shape index (κ3) is 4.55. The summed E-state index contributed by atoms with van der Waals surface area (Å²) in [6.45, 7) is 1.51. The number of benzene rings is 1. The fourth-order valence-electron chi connectivity index (χ4n) is 5.13. The maximum atomic E-state index is 15.7. The van der Waals surface area contributed by atoms with Crippen LogP contribution >= 0.6 is 0 Å². The first-order valence-electron chi connectivity index (χ1n) is 11.3. The highest BCUT2D eigenvalue weighted by atomic mass is 19.4. The van der Waals surface area contributed by atoms with Gasteiger partial charge in [0, 0.05) is 30.7 Å². The van der Waals surface area contributed by atoms with Gasteiger partial charge < -0.3 is 15.4 Å². The molecule has 2 aliphatic rings. The van der Waals surface area contributed by atoms with E-state index in [9.17, 15) is 35.9 Å². The van der Waals surface area contributed by atoms with Crippen LogP contribution in [0.15, 0.2) is 9.59 Å². The smallest absolute Gasteiger partial charge is 0.400 e. The molecule has 1 aliphatic carbocycles. The lowest BCUT2D eigenvalue weighted by Gasteiger charge is -2.29. The van der Waals surface area contributed by atoms with Crippen LogP contribution < -0.4 is 26.6 Å². The predicted octanol–water partition coefficient (Wildman–Crippen LogP) is 3.77. The van der Waals surface area contributed by atoms with Crippen molar-refractivity contribution in [1.29, 1.82) is 0 Å². The number of rotatable bonds is 6. The molecular formula is C22H25F7N4O3. The number of hydrogen-bond donors (Lipinski definition) is 2. The minimum atomic E-state index is -5.50. The average molecular weight is 526 g/mol. The average Bonchev–Trinajstić information content (AvgIpc) is 3.47. The number of ether oxygens (including phenoxy) is 1. The van der Waals surface area contributed by atoms with E-state index in [0.717, 1.165) is 7.11 Å². The van der Waals surface area contributed by atoms with Gasteiger partial charge in [-0.1, -0.05) is 0 Å². The van der Waals surface area contributed by atoms with Crippen LogP contribution in [0, 0.1) is 24.6 Å². The number of anilines is 1. The summed E-state index contributed by atoms with van der Waals surface area (Å²) in [5.74, 6) is -5.65. The van der Waals surface area contributed by atoms with E-state index in [4.69, 9.17) is 10.5 Å². The van der Waals surface area contributed by atoms with Crippen molar-refractivity contribution in [3.05, 3.63) is 32.2 Å². The quantitative estimate of drug-likeness (QED) is 0.560. The molecule has 2 unspecified atom stereocenters. The second kappa shape index (κ2) is 8.96. The molecule has 4 rings (SSSR count). The molecule has 1 saturated carbocycles. The number of nitrogens with one attached hydrogen (secondary N) is 1. The number of halogens is 7. The molecular weight excluding hydrogens is 501 g/mol. The molecule has 2 fully saturated rings. The van der Waals surface area contributed by atoms with Crippen molar-refractivity contribution in [2.24, 2.45) is 17.6 Å². The van der Waals surface area contributed by atoms with Gasteiger partial charge in [0.25, 0.3) is 5.56 Å². The summed E-state index contributed by atoms with van der Waals surface area (Å²) in [6.07, 6.45) is -10.9. The molecule has 1 aromatic heterocycles. The van der Waals surface area contributed by atoms with Crippen LogP contribution in [0.1, 0.15) is 37.3 Å². The standard InChI is InChI=1S/C22H25F7N4O3/c1-9-16-14(19(34)31-20(35)33(16)11-3-4-11)18(36-2)15(23)17(9)32-6-5-10(8-32)12(30)7-13(21(24,25)26)22(27,28)29/h10-13H,3-8,30H2,1-2H3,(H,31,34,35). The second-order valence-corrected chi connectivity index (χ2v) is 9.44. The minimum absolute atomic E-state index is 0.0309. The molecule has 1 aromatic carbocycles. The van der Waals surface area contributed by atoms with Gasteiger partial charge in [0.1, 0.15) is 5.39 Å². The van der Waals surface area contributed by atoms with E-state index < -0.39 is 59.5 Å². The molecule has 0 bridgehead atoms. The van der Waals surface area contributed by atoms with Crippen molar-refractivity contribution in [1.82, 2.24) is 9.55 Å². The van der Waals surface area contributed by atoms with Crippen LogP contribution in [-0.2, 0) is 0 Å². The van der Waals surface area contributed by atoms with Gasteiger partial charge in [-0.25, -0.2) is 9.18 Å². The zero-order chi connectivity index (χ0) is 26.7. The molecule has 7 nitrogen and oxygen atoms in total. The van der Waals surface area contributed by atoms with Crippen LogP contribution in [0.3, 0.4) is 0 Å². The molecule has 2 heterocycles. The first kappa shape index (κ1) is 26.3. The summed E-state index contributed by atoms with van der Waals surface area (Å²) >= 11 is 0. The Kier molecular flexibility index (Phi) is 6.55. The highest BCUT2D eigenvalue weighted by Crippen LogP contribution is 2.45. The van der Waals surface area contributed by atoms with Gasteiger partial charge in [0.05, 0.1) is 18.3 Å². The molecule has 1 aliphatic heterocycles. The van der Waals surface area contributed by atoms with Crippen LogP contribution in [0.2, 0.25) is 0 Å². The lowest BCUT2D eigenvalue weighted by atomic mass is 9.89. The zero-order valence-corrected chi connectivity index (χ0v) is 19.4. The van der Waals surface area contributed by atoms with E-state index >= 15 is 4.39 Å². The van der Waals surface area contributed by atoms with Crippen molar-refractivity contribution in [3.63, 3.8) is 0 Å². The Hall–Kier alpha value is -2.77. The summed E-state index contributed by atoms with van der Waals surface area (Å²) in [7, 11) is 1.15. The van der Waals surface area contributed by atoms with E-state index in [1.165, 1.54) is 16.4 Å². The van der Waals surface area contributed by atoms with E-state index in [2.05, 4.69) is 4.98 Å². The first-order chi connectivity index (χ1) is 16.7. The summed E-state index contributed by atoms with van der Waals surface area (Å²) < 4.78 is 100. The van der Waals surface area contributed by atoms with Crippen molar-refractivity contribution < 1.29 is 35.5 Å². The zero-order valence-electron chi connectivity index (χ0n) is 19.4. The largest absolute Gasteiger partial charge is 0.493 e. The van der Waals surface area contributed by atoms with Crippen molar-refractivity contribution in [2.45, 2.75) is 57.0 Å². The summed E-state index contributed by atoms with van der Waals surface area (Å²) in [5, 5.41) is -0.145. The number of aryl methyl sites for hydroxylation is 1. The Morgan fingerprint density at radius 2 is 1.72 bits per heavy atom. The highest BCUT2D eigenvalue weighted by Gasteiger charge is 2.57. The number of nitrogens with two attached hydrogens (primary N) is 1. The number of fused-ring (bicyclic) bond motifs is 1. The maximum absolute atomic E-state index is 15.7. The van der Waals surface area contributed by atoms with E-state index in [0.29, 0.717) is 12.8 Å². The van der Waals surface area contributed by atoms with Gasteiger partial charge in [-0.05, 0) is 38.5 Å². The van der Waals surface area contributed by atoms with Gasteiger partial charge >= 0.3 is 18.0 Å². The number of nitrogens with zero attached hydrogens (tertiary/aromatic N) is 2. The van der Waals surface area contributed by atoms with Gasteiger partial charge in [-0.2, -0.15) is 26.3 Å². The van der Waals surface area contributed by atoms with Crippen LogP contribution in [-0.4, -0.2) is 48.1 Å². The van der Waals surface area contributed by atoms with Crippen molar-refractivity contribution in [3.8, 4) is 5.75 Å². The van der Waals surface area contributed by atoms with Crippen LogP contribution in [0.5, 0.6) is 5.75 Å². The Balaban J connectivity index is 1.72. The van der Waals surface area contributed by atoms with Crippen LogP contribution in [0.25, 0.3) is 10.9 Å². The summed E-state index contributed by atoms with van der Waals surface area (Å²) in [5.41, 5.74) is 4.72. The molecule has 0 spiro atoms. The Morgan fingerprint density at radius 3 is 2.25 bits per heavy atom. The molecule has 0 amide bonds. The summed E-state index contributed by atoms with van der Waals surface area (Å²) in [4.78, 5) is 28.8. The number of aromatic amines is 1. The third-order valence-corrected chi connectivity index (χ3v) is 7.05. The van der Waals surface area contributed by atoms with E-state index in [1.54, 1.807) is 0 Å². The van der Waals surface area contributed by atoms with Crippen molar-refractivity contribution >= 4 is 16.6 Å². The molecule has 3 N–H and O–H groups in total. The van der Waals surface area contributed by atoms with Crippen molar-refractivity contribution in [2.75, 3.05) is 25.1 Å². The predicted molar refractivity (Wildman–Crippen MR) is 117 cm³/mol. The number of methoxy groups -OCH3 is 1. The molecule has 200 valence electrons. The van der Waals surface area contributed by atoms with Gasteiger partial charge in [-0.3, -0.25) is 14.3 Å². The first-order valence-corrected chi connectivity index (χ1v) is 11.3. The second-order valence-electron chi connectivity index (χ2n) is 9.44. The molecule has 1 saturated heterocycles. The number of alkyl halides is 6. The van der Waals surface area contributed by atoms with E-state index in [1.807, 2.05) is 0 Å². The van der Waals surface area contributed by atoms with E-state index in [-0.39, 0.29) is 47.7 Å². The Bertz CT molecular complexity index is 1270. The topological polar surface area (TPSA) is 93.3 Å². The van der Waals surface area contributed by atoms with Gasteiger partial charge in [-0.15, -0.1) is 0 Å². The highest BCUT2D eigenvalue weighted by molar-refractivity contribution is 5.93. The third-order valence-electron chi connectivity index (χ3n) is 7.05. The number of hydrogen-bond acceptors (Lipinski definition) is 5. The Morgan fingerprint density at radius 1 is 1.11 bits per heavy atom. The maximum Gasteiger partial charge on any atom is 0.400 e. The minimum Gasteiger partial charge on any atom is -0.493 e. The molecule has 14 heteroatoms. The monoisotopic (exact) mass is 526 g/mol. The fraction of sp³-hybridized carbons (Fsp3) is 0.636. The normalized spacial score (nSPS) is 20.0. The fourth-order valence-corrected chi connectivity index (χ4v) is 5.13. The number of aromatic nitrogens is 2. The van der Waals surface area contributed by atoms with Gasteiger partial charge in [0.15, 0.2) is 17.5 Å². The lowest BCUT2D eigenvalue weighted by molar-refractivity contribution is -0.287. The Labute approximate surface area is 200 Å². The summed E-state index contributed by atoms with van der Waals surface area (Å²) in [6, 6.07) is -1.64. The molecule has 36 heavy (non-hydrogen) atoms. The molecule has 2 aromatic rings. The number of H-pyrrole nitrogens is 1. The molecule has 0 radical (unpaired) electrons. The molecule has 2 atom stereocenters. The van der Waals surface area contributed by atoms with Crippen LogP contribution in [0.4, 0.5) is 36.4 Å².